The second-order valence-electron chi connectivity index (χ2n) is 8.24. The average molecular weight is 453 g/mol. The Bertz CT molecular complexity index is 957. The molecule has 1 aliphatic heterocycles. The minimum absolute atomic E-state index is 0.0208. The number of ketones is 1. The highest BCUT2D eigenvalue weighted by atomic mass is 35.5. The lowest BCUT2D eigenvalue weighted by Crippen LogP contribution is -2.41. The Labute approximate surface area is 194 Å². The molecule has 0 radical (unpaired) electrons. The molecule has 0 aliphatic carbocycles. The zero-order valence-corrected chi connectivity index (χ0v) is 19.1. The van der Waals surface area contributed by atoms with Crippen LogP contribution in [0.1, 0.15) is 42.9 Å². The summed E-state index contributed by atoms with van der Waals surface area (Å²) in [6, 6.07) is 16.5. The molecular formula is C26H29ClN2O3. The zero-order chi connectivity index (χ0) is 22.9. The molecule has 0 unspecified atom stereocenters. The van der Waals surface area contributed by atoms with Crippen molar-refractivity contribution in [2.45, 2.75) is 38.1 Å². The predicted octanol–water partition coefficient (Wildman–Crippen LogP) is 4.51. The monoisotopic (exact) mass is 452 g/mol. The molecule has 0 saturated carbocycles. The van der Waals surface area contributed by atoms with Crippen LogP contribution in [0.15, 0.2) is 66.7 Å². The van der Waals surface area contributed by atoms with Gasteiger partial charge in [0, 0.05) is 43.8 Å². The van der Waals surface area contributed by atoms with Gasteiger partial charge in [0.05, 0.1) is 6.04 Å². The van der Waals surface area contributed by atoms with Gasteiger partial charge in [-0.2, -0.15) is 0 Å². The molecule has 2 atom stereocenters. The van der Waals surface area contributed by atoms with Crippen molar-refractivity contribution in [3.8, 4) is 0 Å². The van der Waals surface area contributed by atoms with Crippen molar-refractivity contribution in [2.24, 2.45) is 5.92 Å². The third-order valence-corrected chi connectivity index (χ3v) is 5.88. The molecule has 5 nitrogen and oxygen atoms in total. The fourth-order valence-electron chi connectivity index (χ4n) is 3.90. The number of amides is 2. The van der Waals surface area contributed by atoms with E-state index in [0.717, 1.165) is 11.1 Å². The van der Waals surface area contributed by atoms with Gasteiger partial charge in [0.15, 0.2) is 0 Å². The zero-order valence-electron chi connectivity index (χ0n) is 18.3. The van der Waals surface area contributed by atoms with Crippen molar-refractivity contribution >= 4 is 29.2 Å². The normalized spacial score (nSPS) is 21.2. The highest BCUT2D eigenvalue weighted by molar-refractivity contribution is 6.30. The third-order valence-electron chi connectivity index (χ3n) is 5.63. The molecule has 32 heavy (non-hydrogen) atoms. The van der Waals surface area contributed by atoms with Crippen molar-refractivity contribution in [2.75, 3.05) is 13.6 Å². The van der Waals surface area contributed by atoms with E-state index in [0.29, 0.717) is 30.8 Å². The summed E-state index contributed by atoms with van der Waals surface area (Å²) in [5.74, 6) is -0.537. The number of rotatable bonds is 5. The molecule has 0 fully saturated rings. The molecule has 2 aromatic rings. The van der Waals surface area contributed by atoms with Crippen LogP contribution in [0.2, 0.25) is 5.02 Å². The fourth-order valence-corrected chi connectivity index (χ4v) is 4.03. The molecule has 1 N–H and O–H groups in total. The van der Waals surface area contributed by atoms with E-state index in [1.54, 1.807) is 24.1 Å². The molecule has 1 heterocycles. The first kappa shape index (κ1) is 23.7. The molecule has 0 aromatic heterocycles. The van der Waals surface area contributed by atoms with Crippen LogP contribution in [-0.4, -0.2) is 36.1 Å². The molecule has 0 saturated heterocycles. The van der Waals surface area contributed by atoms with Crippen molar-refractivity contribution in [1.29, 1.82) is 0 Å². The Morgan fingerprint density at radius 1 is 1.06 bits per heavy atom. The van der Waals surface area contributed by atoms with E-state index in [4.69, 9.17) is 11.6 Å². The van der Waals surface area contributed by atoms with Gasteiger partial charge in [0.1, 0.15) is 5.78 Å². The van der Waals surface area contributed by atoms with Crippen LogP contribution < -0.4 is 5.32 Å². The van der Waals surface area contributed by atoms with E-state index in [2.05, 4.69) is 5.32 Å². The predicted molar refractivity (Wildman–Crippen MR) is 126 cm³/mol. The van der Waals surface area contributed by atoms with Gasteiger partial charge < -0.3 is 10.2 Å². The van der Waals surface area contributed by atoms with E-state index < -0.39 is 5.92 Å². The number of hydrogen-bond acceptors (Lipinski definition) is 3. The van der Waals surface area contributed by atoms with Crippen LogP contribution in [0.4, 0.5) is 0 Å². The number of Topliss-reactive ketones (excluding diaryl/α,β-unsaturated/α-hetero) is 1. The first-order valence-electron chi connectivity index (χ1n) is 10.9. The van der Waals surface area contributed by atoms with Crippen LogP contribution in [0, 0.1) is 5.92 Å². The molecule has 2 aromatic carbocycles. The summed E-state index contributed by atoms with van der Waals surface area (Å²) in [5, 5.41) is 3.68. The summed E-state index contributed by atoms with van der Waals surface area (Å²) >= 11 is 5.92. The molecule has 6 heteroatoms. The standard InChI is InChI=1S/C26H29ClN2O3/c1-29-18-24(20-8-4-2-5-9-20)28-25(31)11-7-3-6-10-21(26(29)32)17-23(30)16-19-12-14-22(27)15-13-19/h2-6,8-9,12-15,21,24H,7,10-11,16-18H2,1H3,(H,28,31)/b6-3-/t21-,24-/m0/s1. The molecule has 0 spiro atoms. The first-order valence-corrected chi connectivity index (χ1v) is 11.3. The van der Waals surface area contributed by atoms with Crippen LogP contribution in [0.25, 0.3) is 0 Å². The molecule has 0 bridgehead atoms. The van der Waals surface area contributed by atoms with Gasteiger partial charge in [-0.05, 0) is 36.1 Å². The fraction of sp³-hybridized carbons (Fsp3) is 0.346. The summed E-state index contributed by atoms with van der Waals surface area (Å²) < 4.78 is 0. The topological polar surface area (TPSA) is 66.5 Å². The largest absolute Gasteiger partial charge is 0.347 e. The lowest BCUT2D eigenvalue weighted by atomic mass is 9.93. The van der Waals surface area contributed by atoms with E-state index in [9.17, 15) is 14.4 Å². The molecular weight excluding hydrogens is 424 g/mol. The smallest absolute Gasteiger partial charge is 0.226 e. The Kier molecular flexibility index (Phi) is 8.63. The number of benzene rings is 2. The number of likely N-dealkylation sites (N-methyl/N-ethyl adjacent to an activating group) is 1. The summed E-state index contributed by atoms with van der Waals surface area (Å²) in [6.45, 7) is 0.347. The SMILES string of the molecule is CN1C[C@@H](c2ccccc2)NC(=O)CC/C=C\C[C@@H](CC(=O)Cc2ccc(Cl)cc2)C1=O. The number of carbonyl (C=O) groups excluding carboxylic acids is 3. The maximum atomic E-state index is 13.3. The van der Waals surface area contributed by atoms with E-state index in [1.807, 2.05) is 54.6 Å². The highest BCUT2D eigenvalue weighted by Gasteiger charge is 2.27. The van der Waals surface area contributed by atoms with Crippen LogP contribution >= 0.6 is 11.6 Å². The minimum Gasteiger partial charge on any atom is -0.347 e. The maximum absolute atomic E-state index is 13.3. The van der Waals surface area contributed by atoms with Gasteiger partial charge in [-0.15, -0.1) is 0 Å². The van der Waals surface area contributed by atoms with E-state index in [-0.39, 0.29) is 36.5 Å². The van der Waals surface area contributed by atoms with Crippen molar-refractivity contribution in [3.63, 3.8) is 0 Å². The Balaban J connectivity index is 1.74. The Morgan fingerprint density at radius 3 is 2.50 bits per heavy atom. The average Bonchev–Trinajstić information content (AvgIpc) is 2.78. The summed E-state index contributed by atoms with van der Waals surface area (Å²) in [4.78, 5) is 40.0. The first-order chi connectivity index (χ1) is 15.4. The molecule has 1 aliphatic rings. The lowest BCUT2D eigenvalue weighted by molar-refractivity contribution is -0.137. The summed E-state index contributed by atoms with van der Waals surface area (Å²) in [5.41, 5.74) is 1.83. The van der Waals surface area contributed by atoms with Crippen molar-refractivity contribution < 1.29 is 14.4 Å². The van der Waals surface area contributed by atoms with Gasteiger partial charge in [-0.1, -0.05) is 66.2 Å². The minimum atomic E-state index is -0.428. The van der Waals surface area contributed by atoms with Crippen LogP contribution in [0.3, 0.4) is 0 Å². The molecule has 2 amide bonds. The van der Waals surface area contributed by atoms with Gasteiger partial charge in [0.2, 0.25) is 11.8 Å². The number of halogens is 1. The van der Waals surface area contributed by atoms with Crippen LogP contribution in [-0.2, 0) is 20.8 Å². The maximum Gasteiger partial charge on any atom is 0.226 e. The van der Waals surface area contributed by atoms with E-state index in [1.165, 1.54) is 0 Å². The second-order valence-corrected chi connectivity index (χ2v) is 8.67. The van der Waals surface area contributed by atoms with Gasteiger partial charge >= 0.3 is 0 Å². The third kappa shape index (κ3) is 7.06. The number of carbonyl (C=O) groups is 3. The number of nitrogens with zero attached hydrogens (tertiary/aromatic N) is 1. The van der Waals surface area contributed by atoms with E-state index >= 15 is 0 Å². The quantitative estimate of drug-likeness (QED) is 0.678. The van der Waals surface area contributed by atoms with Crippen LogP contribution in [0.5, 0.6) is 0 Å². The Morgan fingerprint density at radius 2 is 1.78 bits per heavy atom. The number of nitrogens with one attached hydrogen (secondary N) is 1. The number of allylic oxidation sites excluding steroid dienone is 2. The van der Waals surface area contributed by atoms with Gasteiger partial charge in [-0.25, -0.2) is 0 Å². The lowest BCUT2D eigenvalue weighted by Gasteiger charge is -2.28. The van der Waals surface area contributed by atoms with Gasteiger partial charge in [0.25, 0.3) is 0 Å². The molecule has 168 valence electrons. The van der Waals surface area contributed by atoms with Gasteiger partial charge in [-0.3, -0.25) is 14.4 Å². The number of hydrogen-bond donors (Lipinski definition) is 1. The summed E-state index contributed by atoms with van der Waals surface area (Å²) in [6.07, 6.45) is 5.75. The Hall–Kier alpha value is -2.92. The highest BCUT2D eigenvalue weighted by Crippen LogP contribution is 2.21. The second kappa shape index (κ2) is 11.6. The summed E-state index contributed by atoms with van der Waals surface area (Å²) in [7, 11) is 1.73. The van der Waals surface area contributed by atoms with Crippen molar-refractivity contribution in [1.82, 2.24) is 10.2 Å². The molecule has 3 rings (SSSR count). The van der Waals surface area contributed by atoms with Crippen molar-refractivity contribution in [3.05, 3.63) is 82.9 Å².